The molecule has 5 nitrogen and oxygen atoms in total. The Balaban J connectivity index is 2.18. The molecule has 0 saturated carbocycles. The van der Waals surface area contributed by atoms with E-state index in [1.807, 2.05) is 12.1 Å². The minimum absolute atomic E-state index is 0.206. The maximum Gasteiger partial charge on any atom is 0.255 e. The van der Waals surface area contributed by atoms with Crippen molar-refractivity contribution in [2.45, 2.75) is 6.54 Å². The zero-order chi connectivity index (χ0) is 15.2. The van der Waals surface area contributed by atoms with Gasteiger partial charge in [0.2, 0.25) is 0 Å². The largest absolute Gasteiger partial charge is 0.497 e. The molecule has 0 unspecified atom stereocenters. The predicted octanol–water partition coefficient (Wildman–Crippen LogP) is 2.41. The Hall–Kier alpha value is -2.53. The highest BCUT2D eigenvalue weighted by Crippen LogP contribution is 2.29. The normalized spacial score (nSPS) is 10.0. The van der Waals surface area contributed by atoms with E-state index in [2.05, 4.69) is 5.32 Å². The number of benzene rings is 2. The maximum absolute atomic E-state index is 12.2. The highest BCUT2D eigenvalue weighted by molar-refractivity contribution is 6.05. The predicted molar refractivity (Wildman–Crippen MR) is 81.8 cm³/mol. The van der Waals surface area contributed by atoms with Gasteiger partial charge in [0.25, 0.3) is 5.91 Å². The molecule has 0 bridgehead atoms. The van der Waals surface area contributed by atoms with E-state index in [4.69, 9.17) is 15.2 Å². The first-order chi connectivity index (χ1) is 10.2. The van der Waals surface area contributed by atoms with E-state index >= 15 is 0 Å². The molecule has 0 aliphatic rings. The van der Waals surface area contributed by atoms with Crippen molar-refractivity contribution < 1.29 is 14.3 Å². The fourth-order valence-corrected chi connectivity index (χ4v) is 1.89. The summed E-state index contributed by atoms with van der Waals surface area (Å²) in [5.74, 6) is 1.00. The van der Waals surface area contributed by atoms with Gasteiger partial charge < -0.3 is 20.5 Å². The van der Waals surface area contributed by atoms with Crippen LogP contribution in [-0.2, 0) is 6.54 Å². The molecular weight excluding hydrogens is 268 g/mol. The molecule has 0 fully saturated rings. The van der Waals surface area contributed by atoms with E-state index in [1.54, 1.807) is 44.6 Å². The van der Waals surface area contributed by atoms with Crippen LogP contribution in [0.25, 0.3) is 0 Å². The summed E-state index contributed by atoms with van der Waals surface area (Å²) in [7, 11) is 3.12. The molecule has 110 valence electrons. The molecule has 0 atom stereocenters. The van der Waals surface area contributed by atoms with E-state index in [0.717, 1.165) is 5.56 Å². The maximum atomic E-state index is 12.2. The van der Waals surface area contributed by atoms with Gasteiger partial charge in [-0.05, 0) is 29.8 Å². The summed E-state index contributed by atoms with van der Waals surface area (Å²) in [6.07, 6.45) is 0. The highest BCUT2D eigenvalue weighted by Gasteiger charge is 2.10. The van der Waals surface area contributed by atoms with Crippen molar-refractivity contribution in [2.75, 3.05) is 19.5 Å². The van der Waals surface area contributed by atoms with Crippen molar-refractivity contribution in [3.63, 3.8) is 0 Å². The van der Waals surface area contributed by atoms with Gasteiger partial charge in [-0.25, -0.2) is 0 Å². The first-order valence-electron chi connectivity index (χ1n) is 6.50. The van der Waals surface area contributed by atoms with Gasteiger partial charge >= 0.3 is 0 Å². The van der Waals surface area contributed by atoms with Gasteiger partial charge in [-0.15, -0.1) is 0 Å². The molecule has 2 aromatic rings. The topological polar surface area (TPSA) is 73.6 Å². The monoisotopic (exact) mass is 286 g/mol. The number of anilines is 1. The number of amides is 1. The third-order valence-electron chi connectivity index (χ3n) is 3.11. The zero-order valence-electron chi connectivity index (χ0n) is 12.1. The number of nitrogens with two attached hydrogens (primary N) is 1. The first kappa shape index (κ1) is 14.9. The van der Waals surface area contributed by atoms with Crippen LogP contribution in [0.5, 0.6) is 11.5 Å². The number of carbonyl (C=O) groups excluding carboxylic acids is 1. The Bertz CT molecular complexity index is 624. The second kappa shape index (κ2) is 6.76. The molecule has 2 rings (SSSR count). The van der Waals surface area contributed by atoms with Crippen LogP contribution in [0.3, 0.4) is 0 Å². The lowest BCUT2D eigenvalue weighted by atomic mass is 10.1. The smallest absolute Gasteiger partial charge is 0.255 e. The van der Waals surface area contributed by atoms with Gasteiger partial charge in [-0.3, -0.25) is 4.79 Å². The minimum atomic E-state index is -0.206. The molecule has 0 aromatic heterocycles. The standard InChI is InChI=1S/C16H18N2O3/c1-20-13-7-8-14(15(9-13)21-2)18-16(19)12-5-3-11(10-17)4-6-12/h3-9H,10,17H2,1-2H3,(H,18,19). The van der Waals surface area contributed by atoms with E-state index in [-0.39, 0.29) is 5.91 Å². The number of ether oxygens (including phenoxy) is 2. The first-order valence-corrected chi connectivity index (χ1v) is 6.50. The number of hydrogen-bond acceptors (Lipinski definition) is 4. The van der Waals surface area contributed by atoms with E-state index in [0.29, 0.717) is 29.3 Å². The quantitative estimate of drug-likeness (QED) is 0.885. The van der Waals surface area contributed by atoms with Gasteiger partial charge in [0.05, 0.1) is 19.9 Å². The van der Waals surface area contributed by atoms with Gasteiger partial charge in [0.1, 0.15) is 11.5 Å². The SMILES string of the molecule is COc1ccc(NC(=O)c2ccc(CN)cc2)c(OC)c1. The number of nitrogens with one attached hydrogen (secondary N) is 1. The van der Waals surface area contributed by atoms with Gasteiger partial charge in [-0.2, -0.15) is 0 Å². The van der Waals surface area contributed by atoms with Crippen LogP contribution in [0.4, 0.5) is 5.69 Å². The number of carbonyl (C=O) groups is 1. The lowest BCUT2D eigenvalue weighted by Crippen LogP contribution is -2.12. The second-order valence-electron chi connectivity index (χ2n) is 4.42. The second-order valence-corrected chi connectivity index (χ2v) is 4.42. The van der Waals surface area contributed by atoms with E-state index in [1.165, 1.54) is 0 Å². The summed E-state index contributed by atoms with van der Waals surface area (Å²) in [5, 5.41) is 2.82. The summed E-state index contributed by atoms with van der Waals surface area (Å²) < 4.78 is 10.4. The third kappa shape index (κ3) is 3.52. The Morgan fingerprint density at radius 3 is 2.38 bits per heavy atom. The Morgan fingerprint density at radius 2 is 1.81 bits per heavy atom. The van der Waals surface area contributed by atoms with Gasteiger partial charge in [0.15, 0.2) is 0 Å². The van der Waals surface area contributed by atoms with Crippen LogP contribution >= 0.6 is 0 Å². The lowest BCUT2D eigenvalue weighted by Gasteiger charge is -2.11. The minimum Gasteiger partial charge on any atom is -0.497 e. The molecular formula is C16H18N2O3. The highest BCUT2D eigenvalue weighted by atomic mass is 16.5. The number of methoxy groups -OCH3 is 2. The molecule has 21 heavy (non-hydrogen) atoms. The molecule has 0 radical (unpaired) electrons. The van der Waals surface area contributed by atoms with Crippen molar-refractivity contribution in [1.29, 1.82) is 0 Å². The van der Waals surface area contributed by atoms with Gasteiger partial charge in [0, 0.05) is 18.2 Å². The molecule has 5 heteroatoms. The summed E-state index contributed by atoms with van der Waals surface area (Å²) in [5.41, 5.74) is 7.67. The van der Waals surface area contributed by atoms with Crippen molar-refractivity contribution in [2.24, 2.45) is 5.73 Å². The van der Waals surface area contributed by atoms with E-state index < -0.39 is 0 Å². The molecule has 2 aromatic carbocycles. The van der Waals surface area contributed by atoms with Crippen LogP contribution in [0, 0.1) is 0 Å². The van der Waals surface area contributed by atoms with Crippen molar-refractivity contribution in [3.8, 4) is 11.5 Å². The average Bonchev–Trinajstić information content (AvgIpc) is 2.55. The average molecular weight is 286 g/mol. The summed E-state index contributed by atoms with van der Waals surface area (Å²) in [6, 6.07) is 12.4. The lowest BCUT2D eigenvalue weighted by molar-refractivity contribution is 0.102. The summed E-state index contributed by atoms with van der Waals surface area (Å²) >= 11 is 0. The molecule has 0 aliphatic heterocycles. The number of rotatable bonds is 5. The van der Waals surface area contributed by atoms with Gasteiger partial charge in [-0.1, -0.05) is 12.1 Å². The molecule has 3 N–H and O–H groups in total. The van der Waals surface area contributed by atoms with Crippen LogP contribution in [0.15, 0.2) is 42.5 Å². The molecule has 0 saturated heterocycles. The molecule has 1 amide bonds. The fraction of sp³-hybridized carbons (Fsp3) is 0.188. The molecule has 0 heterocycles. The Kier molecular flexibility index (Phi) is 4.79. The van der Waals surface area contributed by atoms with Crippen LogP contribution < -0.4 is 20.5 Å². The molecule has 0 spiro atoms. The van der Waals surface area contributed by atoms with Crippen molar-refractivity contribution in [3.05, 3.63) is 53.6 Å². The van der Waals surface area contributed by atoms with E-state index in [9.17, 15) is 4.79 Å². The Morgan fingerprint density at radius 1 is 1.10 bits per heavy atom. The number of hydrogen-bond donors (Lipinski definition) is 2. The fourth-order valence-electron chi connectivity index (χ4n) is 1.89. The van der Waals surface area contributed by atoms with Crippen LogP contribution in [0.2, 0.25) is 0 Å². The summed E-state index contributed by atoms with van der Waals surface area (Å²) in [6.45, 7) is 0.453. The van der Waals surface area contributed by atoms with Crippen molar-refractivity contribution >= 4 is 11.6 Å². The molecule has 0 aliphatic carbocycles. The van der Waals surface area contributed by atoms with Crippen molar-refractivity contribution in [1.82, 2.24) is 0 Å². The van der Waals surface area contributed by atoms with Crippen LogP contribution in [-0.4, -0.2) is 20.1 Å². The Labute approximate surface area is 123 Å². The summed E-state index contributed by atoms with van der Waals surface area (Å²) in [4.78, 5) is 12.2. The van der Waals surface area contributed by atoms with Crippen LogP contribution in [0.1, 0.15) is 15.9 Å². The third-order valence-corrected chi connectivity index (χ3v) is 3.11. The zero-order valence-corrected chi connectivity index (χ0v) is 12.1.